The third kappa shape index (κ3) is 1.62. The van der Waals surface area contributed by atoms with Gasteiger partial charge >= 0.3 is 0 Å². The number of isocyanates is 1. The highest BCUT2D eigenvalue weighted by Gasteiger charge is 2.33. The summed E-state index contributed by atoms with van der Waals surface area (Å²) in [4.78, 5) is 13.1. The van der Waals surface area contributed by atoms with Crippen LogP contribution in [-0.2, 0) is 14.6 Å². The number of hydrogen-bond acceptors (Lipinski definition) is 4. The van der Waals surface area contributed by atoms with Crippen molar-refractivity contribution in [1.82, 2.24) is 0 Å². The van der Waals surface area contributed by atoms with Crippen LogP contribution in [0.3, 0.4) is 0 Å². The van der Waals surface area contributed by atoms with Crippen molar-refractivity contribution in [1.29, 1.82) is 0 Å². The summed E-state index contributed by atoms with van der Waals surface area (Å²) in [5.74, 6) is 0.172. The molecule has 0 saturated carbocycles. The fraction of sp³-hybridized carbons (Fsp3) is 0.571. The van der Waals surface area contributed by atoms with Crippen LogP contribution in [0.1, 0.15) is 12.8 Å². The van der Waals surface area contributed by atoms with Crippen LogP contribution in [0.5, 0.6) is 0 Å². The van der Waals surface area contributed by atoms with Gasteiger partial charge in [0.05, 0.1) is 11.4 Å². The van der Waals surface area contributed by atoms with E-state index in [0.29, 0.717) is 12.8 Å². The first-order valence-electron chi connectivity index (χ1n) is 3.56. The fourth-order valence-electron chi connectivity index (χ4n) is 1.30. The highest BCUT2D eigenvalue weighted by molar-refractivity contribution is 7.92. The monoisotopic (exact) mass is 187 g/mol. The molecule has 1 heterocycles. The van der Waals surface area contributed by atoms with E-state index in [0.717, 1.165) is 0 Å². The predicted molar refractivity (Wildman–Crippen MR) is 44.1 cm³/mol. The molecule has 0 aromatic heterocycles. The molecule has 12 heavy (non-hydrogen) atoms. The second-order valence-corrected chi connectivity index (χ2v) is 5.00. The van der Waals surface area contributed by atoms with Crippen molar-refractivity contribution < 1.29 is 13.2 Å². The minimum atomic E-state index is -3.08. The first kappa shape index (κ1) is 9.16. The van der Waals surface area contributed by atoms with Crippen LogP contribution >= 0.6 is 0 Å². The van der Waals surface area contributed by atoms with E-state index < -0.39 is 15.1 Å². The van der Waals surface area contributed by atoms with Crippen molar-refractivity contribution in [2.45, 2.75) is 18.1 Å². The van der Waals surface area contributed by atoms with Gasteiger partial charge in [0, 0.05) is 0 Å². The highest BCUT2D eigenvalue weighted by atomic mass is 32.2. The molecule has 0 aromatic carbocycles. The summed E-state index contributed by atoms with van der Waals surface area (Å²) < 4.78 is 22.5. The zero-order valence-electron chi connectivity index (χ0n) is 6.49. The maximum atomic E-state index is 11.2. The Morgan fingerprint density at radius 1 is 1.58 bits per heavy atom. The molecule has 0 bridgehead atoms. The molecule has 5 heteroatoms. The quantitative estimate of drug-likeness (QED) is 0.464. The first-order chi connectivity index (χ1) is 5.58. The molecule has 0 amide bonds. The van der Waals surface area contributed by atoms with Crippen molar-refractivity contribution in [3.8, 4) is 0 Å². The average molecular weight is 187 g/mol. The molecule has 1 atom stereocenters. The van der Waals surface area contributed by atoms with Crippen LogP contribution in [-0.4, -0.2) is 25.5 Å². The third-order valence-electron chi connectivity index (χ3n) is 1.89. The van der Waals surface area contributed by atoms with Gasteiger partial charge in [-0.3, -0.25) is 0 Å². The summed E-state index contributed by atoms with van der Waals surface area (Å²) in [5.41, 5.74) is 0.113. The summed E-state index contributed by atoms with van der Waals surface area (Å²) in [7, 11) is -3.08. The van der Waals surface area contributed by atoms with Gasteiger partial charge in [-0.15, -0.1) is 0 Å². The van der Waals surface area contributed by atoms with Crippen molar-refractivity contribution >= 4 is 15.9 Å². The van der Waals surface area contributed by atoms with Crippen molar-refractivity contribution in [3.05, 3.63) is 12.3 Å². The second-order valence-electron chi connectivity index (χ2n) is 2.69. The van der Waals surface area contributed by atoms with Gasteiger partial charge in [-0.2, -0.15) is 4.99 Å². The van der Waals surface area contributed by atoms with E-state index in [1.807, 2.05) is 0 Å². The minimum absolute atomic E-state index is 0.113. The maximum Gasteiger partial charge on any atom is 0.240 e. The molecular weight excluding hydrogens is 178 g/mol. The number of nitrogens with zero attached hydrogens (tertiary/aromatic N) is 1. The molecule has 66 valence electrons. The number of carbonyl (C=O) groups excluding carboxylic acids is 1. The molecule has 0 aromatic rings. The standard InChI is InChI=1S/C7H9NO3S/c1-6(8-5-9)7-3-2-4-12(7,10)11/h7H,1-4H2. The van der Waals surface area contributed by atoms with E-state index in [4.69, 9.17) is 0 Å². The summed E-state index contributed by atoms with van der Waals surface area (Å²) in [6, 6.07) is 0. The maximum absolute atomic E-state index is 11.2. The lowest BCUT2D eigenvalue weighted by Gasteiger charge is -2.05. The Kier molecular flexibility index (Phi) is 2.45. The molecule has 4 nitrogen and oxygen atoms in total. The molecule has 0 N–H and O–H groups in total. The molecule has 1 rings (SSSR count). The van der Waals surface area contributed by atoms with E-state index in [9.17, 15) is 13.2 Å². The van der Waals surface area contributed by atoms with Crippen molar-refractivity contribution in [3.63, 3.8) is 0 Å². The largest absolute Gasteiger partial charge is 0.240 e. The number of sulfone groups is 1. The summed E-state index contributed by atoms with van der Waals surface area (Å²) in [6.45, 7) is 3.41. The number of aliphatic imine (C=N–C) groups is 1. The Morgan fingerprint density at radius 3 is 2.67 bits per heavy atom. The van der Waals surface area contributed by atoms with Crippen molar-refractivity contribution in [2.24, 2.45) is 4.99 Å². The normalized spacial score (nSPS) is 26.2. The minimum Gasteiger partial charge on any atom is -0.228 e. The van der Waals surface area contributed by atoms with Gasteiger partial charge in [0.2, 0.25) is 6.08 Å². The second kappa shape index (κ2) is 3.21. The lowest BCUT2D eigenvalue weighted by molar-refractivity contribution is 0.564. The van der Waals surface area contributed by atoms with Crippen LogP contribution in [0.4, 0.5) is 0 Å². The SMILES string of the molecule is C=C(N=C=O)C1CCCS1(=O)=O. The molecule has 0 radical (unpaired) electrons. The summed E-state index contributed by atoms with van der Waals surface area (Å²) >= 11 is 0. The van der Waals surface area contributed by atoms with E-state index in [1.54, 1.807) is 0 Å². The van der Waals surface area contributed by atoms with Crippen LogP contribution < -0.4 is 0 Å². The van der Waals surface area contributed by atoms with Crippen LogP contribution in [0.15, 0.2) is 17.3 Å². The molecule has 0 spiro atoms. The van der Waals surface area contributed by atoms with Gasteiger partial charge < -0.3 is 0 Å². The molecule has 1 fully saturated rings. The Balaban J connectivity index is 2.90. The summed E-state index contributed by atoms with van der Waals surface area (Å²) in [6.07, 6.45) is 2.44. The van der Waals surface area contributed by atoms with Crippen molar-refractivity contribution in [2.75, 3.05) is 5.75 Å². The molecule has 1 aliphatic heterocycles. The molecule has 0 aliphatic carbocycles. The first-order valence-corrected chi connectivity index (χ1v) is 5.27. The zero-order valence-corrected chi connectivity index (χ0v) is 7.30. The molecule has 1 unspecified atom stereocenters. The fourth-order valence-corrected chi connectivity index (χ4v) is 3.14. The summed E-state index contributed by atoms with van der Waals surface area (Å²) in [5, 5.41) is -0.654. The van der Waals surface area contributed by atoms with Gasteiger partial charge in [0.15, 0.2) is 9.84 Å². The van der Waals surface area contributed by atoms with Crippen LogP contribution in [0.2, 0.25) is 0 Å². The Hall–Kier alpha value is -0.930. The van der Waals surface area contributed by atoms with Crippen LogP contribution in [0.25, 0.3) is 0 Å². The van der Waals surface area contributed by atoms with E-state index in [2.05, 4.69) is 11.6 Å². The van der Waals surface area contributed by atoms with Gasteiger partial charge in [0.1, 0.15) is 5.25 Å². The number of rotatable bonds is 2. The lowest BCUT2D eigenvalue weighted by atomic mass is 10.2. The lowest BCUT2D eigenvalue weighted by Crippen LogP contribution is -2.16. The van der Waals surface area contributed by atoms with Gasteiger partial charge in [0.25, 0.3) is 0 Å². The smallest absolute Gasteiger partial charge is 0.228 e. The predicted octanol–water partition coefficient (Wildman–Crippen LogP) is 0.413. The Morgan fingerprint density at radius 2 is 2.25 bits per heavy atom. The highest BCUT2D eigenvalue weighted by Crippen LogP contribution is 2.25. The van der Waals surface area contributed by atoms with Gasteiger partial charge in [-0.25, -0.2) is 13.2 Å². The van der Waals surface area contributed by atoms with E-state index in [-0.39, 0.29) is 11.4 Å². The van der Waals surface area contributed by atoms with E-state index >= 15 is 0 Å². The number of hydrogen-bond donors (Lipinski definition) is 0. The Bertz CT molecular complexity index is 338. The zero-order chi connectivity index (χ0) is 9.19. The van der Waals surface area contributed by atoms with Gasteiger partial charge in [-0.05, 0) is 12.8 Å². The molecular formula is C7H9NO3S. The topological polar surface area (TPSA) is 63.6 Å². The third-order valence-corrected chi connectivity index (χ3v) is 4.12. The molecule has 1 saturated heterocycles. The average Bonchev–Trinajstić information content (AvgIpc) is 2.30. The Labute approximate surface area is 70.9 Å². The molecule has 1 aliphatic rings. The van der Waals surface area contributed by atoms with Gasteiger partial charge in [-0.1, -0.05) is 6.58 Å². The van der Waals surface area contributed by atoms with Crippen LogP contribution in [0, 0.1) is 0 Å². The van der Waals surface area contributed by atoms with E-state index in [1.165, 1.54) is 6.08 Å².